The summed E-state index contributed by atoms with van der Waals surface area (Å²) in [5, 5.41) is 6.42. The fourth-order valence-electron chi connectivity index (χ4n) is 2.33. The monoisotopic (exact) mass is 354 g/mol. The quantitative estimate of drug-likeness (QED) is 0.840. The van der Waals surface area contributed by atoms with Crippen LogP contribution in [0.3, 0.4) is 0 Å². The van der Waals surface area contributed by atoms with E-state index in [-0.39, 0.29) is 31.1 Å². The fourth-order valence-corrected chi connectivity index (χ4v) is 2.33. The lowest BCUT2D eigenvalue weighted by Crippen LogP contribution is -2.58. The van der Waals surface area contributed by atoms with Gasteiger partial charge in [-0.2, -0.15) is 5.10 Å². The Balaban J connectivity index is 1.77. The molecule has 132 valence electrons. The van der Waals surface area contributed by atoms with Gasteiger partial charge in [0, 0.05) is 18.7 Å². The van der Waals surface area contributed by atoms with E-state index in [9.17, 15) is 22.8 Å². The van der Waals surface area contributed by atoms with E-state index >= 15 is 0 Å². The van der Waals surface area contributed by atoms with Crippen molar-refractivity contribution in [1.82, 2.24) is 29.9 Å². The molecule has 1 saturated heterocycles. The Morgan fingerprint density at radius 2 is 1.84 bits per heavy atom. The van der Waals surface area contributed by atoms with Gasteiger partial charge in [-0.15, -0.1) is 0 Å². The number of carbonyl (C=O) groups is 2. The Hall–Kier alpha value is -3.11. The zero-order valence-corrected chi connectivity index (χ0v) is 13.0. The van der Waals surface area contributed by atoms with Crippen molar-refractivity contribution < 1.29 is 22.8 Å². The zero-order valence-electron chi connectivity index (χ0n) is 13.0. The van der Waals surface area contributed by atoms with E-state index in [1.54, 1.807) is 7.05 Å². The van der Waals surface area contributed by atoms with Gasteiger partial charge in [0.15, 0.2) is 17.5 Å². The smallest absolute Gasteiger partial charge is 0.320 e. The molecule has 0 aliphatic carbocycles. The molecule has 2 aromatic rings. The average molecular weight is 354 g/mol. The van der Waals surface area contributed by atoms with Gasteiger partial charge in [-0.1, -0.05) is 0 Å². The number of amides is 4. The van der Waals surface area contributed by atoms with Gasteiger partial charge in [0.1, 0.15) is 12.1 Å². The summed E-state index contributed by atoms with van der Waals surface area (Å²) in [7, 11) is 1.63. The molecule has 0 saturated carbocycles. The normalized spacial score (nSPS) is 14.9. The number of hydrogen-bond donors (Lipinski definition) is 1. The van der Waals surface area contributed by atoms with Gasteiger partial charge in [-0.3, -0.25) is 4.68 Å². The van der Waals surface area contributed by atoms with Crippen LogP contribution in [0.5, 0.6) is 0 Å². The molecule has 2 heterocycles. The first-order chi connectivity index (χ1) is 11.8. The van der Waals surface area contributed by atoms with Crippen molar-refractivity contribution in [2.75, 3.05) is 6.67 Å². The number of rotatable bonds is 4. The minimum atomic E-state index is -1.32. The second kappa shape index (κ2) is 6.42. The van der Waals surface area contributed by atoms with Crippen molar-refractivity contribution in [1.29, 1.82) is 0 Å². The van der Waals surface area contributed by atoms with E-state index in [1.165, 1.54) is 11.0 Å². The Kier molecular flexibility index (Phi) is 4.30. The molecule has 1 aliphatic heterocycles. The largest absolute Gasteiger partial charge is 0.330 e. The summed E-state index contributed by atoms with van der Waals surface area (Å²) in [6.45, 7) is -0.710. The van der Waals surface area contributed by atoms with Crippen molar-refractivity contribution in [2.45, 2.75) is 13.1 Å². The SMILES string of the molecule is Cn1cnc(CN2C(=O)NCN(Cc3cc(F)c(F)cc3F)C2=O)n1. The maximum Gasteiger partial charge on any atom is 0.330 e. The van der Waals surface area contributed by atoms with E-state index in [0.717, 1.165) is 9.80 Å². The summed E-state index contributed by atoms with van der Waals surface area (Å²) in [5.41, 5.74) is -0.209. The summed E-state index contributed by atoms with van der Waals surface area (Å²) >= 11 is 0. The molecule has 8 nitrogen and oxygen atoms in total. The van der Waals surface area contributed by atoms with Gasteiger partial charge in [0.05, 0.1) is 19.8 Å². The van der Waals surface area contributed by atoms with Crippen LogP contribution in [-0.4, -0.2) is 43.3 Å². The van der Waals surface area contributed by atoms with Crippen molar-refractivity contribution in [3.63, 3.8) is 0 Å². The number of imide groups is 1. The lowest BCUT2D eigenvalue weighted by atomic mass is 10.2. The van der Waals surface area contributed by atoms with Crippen LogP contribution >= 0.6 is 0 Å². The van der Waals surface area contributed by atoms with Crippen LogP contribution in [0.25, 0.3) is 0 Å². The number of halogens is 3. The maximum absolute atomic E-state index is 13.8. The molecule has 1 fully saturated rings. The van der Waals surface area contributed by atoms with E-state index in [1.807, 2.05) is 0 Å². The number of aromatic nitrogens is 3. The predicted molar refractivity (Wildman–Crippen MR) is 77.2 cm³/mol. The van der Waals surface area contributed by atoms with Crippen LogP contribution in [0.4, 0.5) is 22.8 Å². The lowest BCUT2D eigenvalue weighted by molar-refractivity contribution is 0.125. The summed E-state index contributed by atoms with van der Waals surface area (Å²) in [6.07, 6.45) is 1.41. The van der Waals surface area contributed by atoms with Gasteiger partial charge < -0.3 is 10.2 Å². The molecule has 0 radical (unpaired) electrons. The van der Waals surface area contributed by atoms with Gasteiger partial charge in [-0.05, 0) is 6.07 Å². The molecule has 1 aromatic heterocycles. The Morgan fingerprint density at radius 1 is 1.12 bits per heavy atom. The van der Waals surface area contributed by atoms with Gasteiger partial charge in [0.2, 0.25) is 0 Å². The molecule has 25 heavy (non-hydrogen) atoms. The first-order valence-electron chi connectivity index (χ1n) is 7.17. The Labute approximate surface area is 139 Å². The van der Waals surface area contributed by atoms with Crippen LogP contribution < -0.4 is 5.32 Å². The molecular weight excluding hydrogens is 341 g/mol. The molecule has 4 amide bonds. The van der Waals surface area contributed by atoms with E-state index < -0.39 is 29.5 Å². The molecule has 1 aromatic carbocycles. The number of aryl methyl sites for hydroxylation is 1. The molecule has 0 atom stereocenters. The van der Waals surface area contributed by atoms with Gasteiger partial charge >= 0.3 is 12.1 Å². The molecule has 11 heteroatoms. The highest BCUT2D eigenvalue weighted by atomic mass is 19.2. The molecule has 3 rings (SSSR count). The van der Waals surface area contributed by atoms with Gasteiger partial charge in [0.25, 0.3) is 0 Å². The second-order valence-corrected chi connectivity index (χ2v) is 5.40. The fraction of sp³-hybridized carbons (Fsp3) is 0.286. The number of hydrogen-bond acceptors (Lipinski definition) is 4. The molecule has 0 unspecified atom stereocenters. The first-order valence-corrected chi connectivity index (χ1v) is 7.17. The Morgan fingerprint density at radius 3 is 2.52 bits per heavy atom. The summed E-state index contributed by atoms with van der Waals surface area (Å²) < 4.78 is 41.5. The second-order valence-electron chi connectivity index (χ2n) is 5.40. The highest BCUT2D eigenvalue weighted by Gasteiger charge is 2.33. The molecular formula is C14H13F3N6O2. The number of urea groups is 2. The topological polar surface area (TPSA) is 83.4 Å². The van der Waals surface area contributed by atoms with Crippen LogP contribution in [0.1, 0.15) is 11.4 Å². The van der Waals surface area contributed by atoms with Crippen LogP contribution in [0.15, 0.2) is 18.5 Å². The minimum absolute atomic E-state index is 0.178. The standard InChI is InChI=1S/C14H13F3N6O2/c1-21-6-18-12(20-21)5-23-13(24)19-7-22(14(23)25)4-8-2-10(16)11(17)3-9(8)15/h2-3,6H,4-5,7H2,1H3,(H,19,24). The lowest BCUT2D eigenvalue weighted by Gasteiger charge is -2.34. The average Bonchev–Trinajstić information content (AvgIpc) is 2.97. The van der Waals surface area contributed by atoms with Crippen LogP contribution in [0, 0.1) is 17.5 Å². The van der Waals surface area contributed by atoms with E-state index in [2.05, 4.69) is 15.4 Å². The number of nitrogens with one attached hydrogen (secondary N) is 1. The number of nitrogens with zero attached hydrogens (tertiary/aromatic N) is 5. The molecule has 1 aliphatic rings. The van der Waals surface area contributed by atoms with Crippen molar-refractivity contribution >= 4 is 12.1 Å². The van der Waals surface area contributed by atoms with Crippen molar-refractivity contribution in [3.8, 4) is 0 Å². The molecule has 1 N–H and O–H groups in total. The summed E-state index contributed by atoms with van der Waals surface area (Å²) in [5.74, 6) is -3.28. The zero-order chi connectivity index (χ0) is 18.1. The Bertz CT molecular complexity index is 840. The number of benzene rings is 1. The van der Waals surface area contributed by atoms with Crippen molar-refractivity contribution in [3.05, 3.63) is 47.3 Å². The third-order valence-corrected chi connectivity index (χ3v) is 3.56. The van der Waals surface area contributed by atoms with E-state index in [0.29, 0.717) is 12.1 Å². The minimum Gasteiger partial charge on any atom is -0.320 e. The van der Waals surface area contributed by atoms with Crippen LogP contribution in [0.2, 0.25) is 0 Å². The van der Waals surface area contributed by atoms with Gasteiger partial charge in [-0.25, -0.2) is 32.6 Å². The maximum atomic E-state index is 13.8. The third-order valence-electron chi connectivity index (χ3n) is 3.56. The predicted octanol–water partition coefficient (Wildman–Crippen LogP) is 1.34. The van der Waals surface area contributed by atoms with Crippen molar-refractivity contribution in [2.24, 2.45) is 7.05 Å². The molecule has 0 spiro atoms. The third kappa shape index (κ3) is 3.39. The van der Waals surface area contributed by atoms with Crippen LogP contribution in [-0.2, 0) is 20.1 Å². The summed E-state index contributed by atoms with van der Waals surface area (Å²) in [6, 6.07) is -0.286. The number of carbonyl (C=O) groups excluding carboxylic acids is 2. The first kappa shape index (κ1) is 16.7. The molecule has 0 bridgehead atoms. The van der Waals surface area contributed by atoms with E-state index in [4.69, 9.17) is 0 Å². The highest BCUT2D eigenvalue weighted by molar-refractivity contribution is 5.95. The summed E-state index contributed by atoms with van der Waals surface area (Å²) in [4.78, 5) is 30.2. The highest BCUT2D eigenvalue weighted by Crippen LogP contribution is 2.18.